The lowest BCUT2D eigenvalue weighted by molar-refractivity contribution is -0.116. The van der Waals surface area contributed by atoms with E-state index in [0.717, 1.165) is 0 Å². The minimum absolute atomic E-state index is 0.0442. The van der Waals surface area contributed by atoms with E-state index in [0.29, 0.717) is 11.3 Å². The minimum Gasteiger partial charge on any atom is -0.326 e. The SMILES string of the molecule is Cc1ccc(NC(=O)CCNS(=O)(=O)c2ccccc2)cc1F. The molecule has 0 aliphatic rings. The van der Waals surface area contributed by atoms with Gasteiger partial charge in [-0.05, 0) is 36.8 Å². The second kappa shape index (κ2) is 7.34. The van der Waals surface area contributed by atoms with E-state index >= 15 is 0 Å². The molecule has 0 unspecified atom stereocenters. The van der Waals surface area contributed by atoms with Crippen molar-refractivity contribution in [3.63, 3.8) is 0 Å². The van der Waals surface area contributed by atoms with E-state index in [1.54, 1.807) is 37.3 Å². The van der Waals surface area contributed by atoms with Crippen LogP contribution in [0, 0.1) is 12.7 Å². The molecule has 2 aromatic rings. The molecule has 0 fully saturated rings. The van der Waals surface area contributed by atoms with Gasteiger partial charge in [-0.3, -0.25) is 4.79 Å². The molecule has 0 atom stereocenters. The van der Waals surface area contributed by atoms with Crippen LogP contribution in [-0.2, 0) is 14.8 Å². The molecule has 5 nitrogen and oxygen atoms in total. The van der Waals surface area contributed by atoms with Crippen molar-refractivity contribution in [2.45, 2.75) is 18.2 Å². The van der Waals surface area contributed by atoms with E-state index in [1.165, 1.54) is 18.2 Å². The number of aryl methyl sites for hydroxylation is 1. The number of amides is 1. The highest BCUT2D eigenvalue weighted by atomic mass is 32.2. The third-order valence-electron chi connectivity index (χ3n) is 3.15. The number of nitrogens with one attached hydrogen (secondary N) is 2. The molecule has 0 saturated carbocycles. The van der Waals surface area contributed by atoms with Crippen LogP contribution < -0.4 is 10.0 Å². The van der Waals surface area contributed by atoms with Crippen LogP contribution in [0.1, 0.15) is 12.0 Å². The van der Waals surface area contributed by atoms with Crippen molar-refractivity contribution >= 4 is 21.6 Å². The first-order valence-corrected chi connectivity index (χ1v) is 8.47. The summed E-state index contributed by atoms with van der Waals surface area (Å²) < 4.78 is 39.7. The molecule has 0 bridgehead atoms. The Morgan fingerprint density at radius 3 is 2.48 bits per heavy atom. The molecule has 2 aromatic carbocycles. The fourth-order valence-electron chi connectivity index (χ4n) is 1.88. The normalized spacial score (nSPS) is 11.2. The number of carbonyl (C=O) groups is 1. The van der Waals surface area contributed by atoms with E-state index in [2.05, 4.69) is 10.0 Å². The zero-order valence-electron chi connectivity index (χ0n) is 12.5. The predicted molar refractivity (Wildman–Crippen MR) is 86.0 cm³/mol. The van der Waals surface area contributed by atoms with E-state index in [4.69, 9.17) is 0 Å². The molecule has 0 radical (unpaired) electrons. The molecular weight excluding hydrogens is 319 g/mol. The smallest absolute Gasteiger partial charge is 0.240 e. The van der Waals surface area contributed by atoms with E-state index in [1.807, 2.05) is 0 Å². The second-order valence-electron chi connectivity index (χ2n) is 4.97. The summed E-state index contributed by atoms with van der Waals surface area (Å²) in [6, 6.07) is 12.3. The van der Waals surface area contributed by atoms with Gasteiger partial charge in [0.15, 0.2) is 0 Å². The van der Waals surface area contributed by atoms with Gasteiger partial charge in [0.2, 0.25) is 15.9 Å². The Kier molecular flexibility index (Phi) is 5.46. The highest BCUT2D eigenvalue weighted by Gasteiger charge is 2.13. The topological polar surface area (TPSA) is 75.3 Å². The number of hydrogen-bond donors (Lipinski definition) is 2. The lowest BCUT2D eigenvalue weighted by Crippen LogP contribution is -2.27. The third kappa shape index (κ3) is 4.87. The van der Waals surface area contributed by atoms with Gasteiger partial charge in [0.1, 0.15) is 5.82 Å². The Labute approximate surface area is 134 Å². The van der Waals surface area contributed by atoms with Crippen molar-refractivity contribution in [2.24, 2.45) is 0 Å². The maximum Gasteiger partial charge on any atom is 0.240 e. The fraction of sp³-hybridized carbons (Fsp3) is 0.188. The zero-order chi connectivity index (χ0) is 16.9. The van der Waals surface area contributed by atoms with Gasteiger partial charge in [0, 0.05) is 18.7 Å². The first kappa shape index (κ1) is 17.1. The Morgan fingerprint density at radius 1 is 1.13 bits per heavy atom. The van der Waals surface area contributed by atoms with Crippen LogP contribution in [0.3, 0.4) is 0 Å². The highest BCUT2D eigenvalue weighted by Crippen LogP contribution is 2.13. The Morgan fingerprint density at radius 2 is 1.83 bits per heavy atom. The van der Waals surface area contributed by atoms with Crippen LogP contribution >= 0.6 is 0 Å². The maximum atomic E-state index is 13.4. The van der Waals surface area contributed by atoms with Gasteiger partial charge < -0.3 is 5.32 Å². The standard InChI is InChI=1S/C16H17FN2O3S/c1-12-7-8-13(11-15(12)17)19-16(20)9-10-18-23(21,22)14-5-3-2-4-6-14/h2-8,11,18H,9-10H2,1H3,(H,19,20). The third-order valence-corrected chi connectivity index (χ3v) is 4.63. The van der Waals surface area contributed by atoms with Crippen molar-refractivity contribution in [1.29, 1.82) is 0 Å². The molecule has 23 heavy (non-hydrogen) atoms. The molecular formula is C16H17FN2O3S. The monoisotopic (exact) mass is 336 g/mol. The number of halogens is 1. The van der Waals surface area contributed by atoms with Crippen molar-refractivity contribution in [3.8, 4) is 0 Å². The van der Waals surface area contributed by atoms with Crippen molar-refractivity contribution in [2.75, 3.05) is 11.9 Å². The van der Waals surface area contributed by atoms with Crippen molar-refractivity contribution in [1.82, 2.24) is 4.72 Å². The van der Waals surface area contributed by atoms with Crippen LogP contribution in [0.4, 0.5) is 10.1 Å². The van der Waals surface area contributed by atoms with Crippen LogP contribution in [0.2, 0.25) is 0 Å². The Balaban J connectivity index is 1.86. The van der Waals surface area contributed by atoms with Gasteiger partial charge in [-0.1, -0.05) is 24.3 Å². The summed E-state index contributed by atoms with van der Waals surface area (Å²) >= 11 is 0. The summed E-state index contributed by atoms with van der Waals surface area (Å²) in [6.07, 6.45) is -0.0540. The molecule has 0 aromatic heterocycles. The number of anilines is 1. The summed E-state index contributed by atoms with van der Waals surface area (Å²) in [5, 5.41) is 2.52. The summed E-state index contributed by atoms with van der Waals surface area (Å²) in [5.74, 6) is -0.809. The second-order valence-corrected chi connectivity index (χ2v) is 6.74. The number of sulfonamides is 1. The zero-order valence-corrected chi connectivity index (χ0v) is 13.4. The van der Waals surface area contributed by atoms with Gasteiger partial charge >= 0.3 is 0 Å². The Hall–Kier alpha value is -2.25. The van der Waals surface area contributed by atoms with Gasteiger partial charge in [-0.25, -0.2) is 17.5 Å². The van der Waals surface area contributed by atoms with Crippen LogP contribution in [0.25, 0.3) is 0 Å². The van der Waals surface area contributed by atoms with Gasteiger partial charge in [-0.2, -0.15) is 0 Å². The molecule has 2 rings (SSSR count). The van der Waals surface area contributed by atoms with Crippen LogP contribution in [0.5, 0.6) is 0 Å². The average molecular weight is 336 g/mol. The summed E-state index contributed by atoms with van der Waals surface area (Å²) in [7, 11) is -3.63. The molecule has 0 aliphatic heterocycles. The number of carbonyl (C=O) groups excluding carboxylic acids is 1. The van der Waals surface area contributed by atoms with E-state index < -0.39 is 21.7 Å². The van der Waals surface area contributed by atoms with Crippen LogP contribution in [0.15, 0.2) is 53.4 Å². The molecule has 0 heterocycles. The highest BCUT2D eigenvalue weighted by molar-refractivity contribution is 7.89. The van der Waals surface area contributed by atoms with Crippen molar-refractivity contribution in [3.05, 3.63) is 59.9 Å². The van der Waals surface area contributed by atoms with Gasteiger partial charge in [0.05, 0.1) is 4.90 Å². The van der Waals surface area contributed by atoms with Crippen LogP contribution in [-0.4, -0.2) is 20.9 Å². The molecule has 0 spiro atoms. The molecule has 2 N–H and O–H groups in total. The lowest BCUT2D eigenvalue weighted by atomic mass is 10.2. The lowest BCUT2D eigenvalue weighted by Gasteiger charge is -2.08. The first-order valence-electron chi connectivity index (χ1n) is 6.99. The molecule has 1 amide bonds. The van der Waals surface area contributed by atoms with E-state index in [-0.39, 0.29) is 17.9 Å². The van der Waals surface area contributed by atoms with Crippen molar-refractivity contribution < 1.29 is 17.6 Å². The molecule has 7 heteroatoms. The summed E-state index contributed by atoms with van der Waals surface area (Å²) in [6.45, 7) is 1.58. The van der Waals surface area contributed by atoms with Gasteiger partial charge in [-0.15, -0.1) is 0 Å². The first-order chi connectivity index (χ1) is 10.9. The largest absolute Gasteiger partial charge is 0.326 e. The molecule has 122 valence electrons. The maximum absolute atomic E-state index is 13.4. The van der Waals surface area contributed by atoms with E-state index in [9.17, 15) is 17.6 Å². The number of benzene rings is 2. The van der Waals surface area contributed by atoms with Gasteiger partial charge in [0.25, 0.3) is 0 Å². The number of hydrogen-bond acceptors (Lipinski definition) is 3. The molecule has 0 saturated heterocycles. The Bertz CT molecular complexity index is 792. The molecule has 0 aliphatic carbocycles. The quantitative estimate of drug-likeness (QED) is 0.851. The minimum atomic E-state index is -3.63. The average Bonchev–Trinajstić information content (AvgIpc) is 2.52. The summed E-state index contributed by atoms with van der Waals surface area (Å²) in [4.78, 5) is 11.9. The fourth-order valence-corrected chi connectivity index (χ4v) is 2.93. The number of rotatable bonds is 6. The summed E-state index contributed by atoms with van der Waals surface area (Å²) in [5.41, 5.74) is 0.822. The predicted octanol–water partition coefficient (Wildman–Crippen LogP) is 2.44.